The molecule has 1 unspecified atom stereocenters. The number of rotatable bonds is 3. The van der Waals surface area contributed by atoms with Gasteiger partial charge >= 0.3 is 0 Å². The predicted molar refractivity (Wildman–Crippen MR) is 82.1 cm³/mol. The Bertz CT molecular complexity index is 453. The number of anilines is 1. The first-order valence-corrected chi connectivity index (χ1v) is 7.27. The molecule has 1 fully saturated rings. The smallest absolute Gasteiger partial charge is 0.104 e. The lowest BCUT2D eigenvalue weighted by Gasteiger charge is -2.34. The van der Waals surface area contributed by atoms with E-state index in [1.807, 2.05) is 18.2 Å². The summed E-state index contributed by atoms with van der Waals surface area (Å²) in [5.74, 6) is 0.376. The number of aliphatic hydroxyl groups excluding tert-OH is 1. The molecule has 0 aromatic heterocycles. The first kappa shape index (κ1) is 13.8. The number of benzene rings is 1. The lowest BCUT2D eigenvalue weighted by molar-refractivity contribution is 0.208. The molecule has 0 saturated carbocycles. The quantitative estimate of drug-likeness (QED) is 0.836. The number of nitrogens with two attached hydrogens (primary N) is 1. The summed E-state index contributed by atoms with van der Waals surface area (Å²) in [5.41, 5.74) is 7.64. The zero-order chi connectivity index (χ0) is 13.1. The molecule has 98 valence electrons. The summed E-state index contributed by atoms with van der Waals surface area (Å²) in [6.45, 7) is 2.20. The summed E-state index contributed by atoms with van der Waals surface area (Å²) in [4.78, 5) is 2.71. The lowest BCUT2D eigenvalue weighted by atomic mass is 9.98. The van der Waals surface area contributed by atoms with Gasteiger partial charge in [-0.2, -0.15) is 0 Å². The third kappa shape index (κ3) is 3.02. The van der Waals surface area contributed by atoms with E-state index in [4.69, 9.17) is 18.0 Å². The van der Waals surface area contributed by atoms with E-state index in [9.17, 15) is 5.11 Å². The summed E-state index contributed by atoms with van der Waals surface area (Å²) in [5, 5.41) is 9.27. The first-order chi connectivity index (χ1) is 8.61. The molecule has 3 N–H and O–H groups in total. The van der Waals surface area contributed by atoms with Gasteiger partial charge in [0.2, 0.25) is 0 Å². The molecule has 1 aliphatic heterocycles. The fraction of sp³-hybridized carbons (Fsp3) is 0.462. The number of halogens is 1. The predicted octanol–water partition coefficient (Wildman–Crippen LogP) is 2.29. The van der Waals surface area contributed by atoms with Crippen molar-refractivity contribution in [3.8, 4) is 0 Å². The monoisotopic (exact) mass is 328 g/mol. The molecule has 3 nitrogen and oxygen atoms in total. The Kier molecular flexibility index (Phi) is 4.59. The van der Waals surface area contributed by atoms with Gasteiger partial charge in [0.05, 0.1) is 5.69 Å². The third-order valence-electron chi connectivity index (χ3n) is 3.35. The molecule has 1 aromatic rings. The van der Waals surface area contributed by atoms with Gasteiger partial charge in [-0.25, -0.2) is 0 Å². The molecule has 1 aliphatic rings. The SMILES string of the molecule is NC(=S)c1ccc(N2CCCC(CO)C2)c(Br)c1. The second-order valence-corrected chi connectivity index (χ2v) is 5.96. The number of aliphatic hydroxyl groups is 1. The van der Waals surface area contributed by atoms with Gasteiger partial charge in [-0.05, 0) is 52.9 Å². The molecule has 0 bridgehead atoms. The van der Waals surface area contributed by atoms with Crippen molar-refractivity contribution in [1.29, 1.82) is 0 Å². The highest BCUT2D eigenvalue weighted by Crippen LogP contribution is 2.30. The topological polar surface area (TPSA) is 49.5 Å². The van der Waals surface area contributed by atoms with Crippen LogP contribution in [0.3, 0.4) is 0 Å². The van der Waals surface area contributed by atoms with Crippen LogP contribution in [0.25, 0.3) is 0 Å². The van der Waals surface area contributed by atoms with Gasteiger partial charge < -0.3 is 15.7 Å². The maximum Gasteiger partial charge on any atom is 0.104 e. The van der Waals surface area contributed by atoms with E-state index in [-0.39, 0.29) is 6.61 Å². The van der Waals surface area contributed by atoms with Crippen molar-refractivity contribution in [3.63, 3.8) is 0 Å². The Labute approximate surface area is 121 Å². The normalized spacial score (nSPS) is 19.9. The van der Waals surface area contributed by atoms with E-state index in [2.05, 4.69) is 20.8 Å². The molecule has 1 aromatic carbocycles. The zero-order valence-electron chi connectivity index (χ0n) is 10.1. The minimum Gasteiger partial charge on any atom is -0.396 e. The molecular formula is C13H17BrN2OS. The molecule has 0 amide bonds. The molecule has 0 aliphatic carbocycles. The van der Waals surface area contributed by atoms with Crippen LogP contribution < -0.4 is 10.6 Å². The summed E-state index contributed by atoms with van der Waals surface area (Å²) >= 11 is 8.54. The highest BCUT2D eigenvalue weighted by Gasteiger charge is 2.20. The van der Waals surface area contributed by atoms with Crippen LogP contribution in [-0.4, -0.2) is 29.8 Å². The zero-order valence-corrected chi connectivity index (χ0v) is 12.5. The Morgan fingerprint density at radius 3 is 2.94 bits per heavy atom. The number of thiocarbonyl (C=S) groups is 1. The van der Waals surface area contributed by atoms with Crippen LogP contribution in [0.5, 0.6) is 0 Å². The number of hydrogen-bond donors (Lipinski definition) is 2. The van der Waals surface area contributed by atoms with E-state index in [0.717, 1.165) is 41.7 Å². The van der Waals surface area contributed by atoms with Crippen molar-refractivity contribution in [1.82, 2.24) is 0 Å². The molecule has 1 saturated heterocycles. The Hall–Kier alpha value is -0.650. The van der Waals surface area contributed by atoms with Gasteiger partial charge in [-0.3, -0.25) is 0 Å². The average molecular weight is 329 g/mol. The van der Waals surface area contributed by atoms with E-state index in [1.165, 1.54) is 0 Å². The van der Waals surface area contributed by atoms with Gasteiger partial charge in [0.15, 0.2) is 0 Å². The standard InChI is InChI=1S/C13H17BrN2OS/c14-11-6-10(13(15)18)3-4-12(11)16-5-1-2-9(7-16)8-17/h3-4,6,9,17H,1-2,5,7-8H2,(H2,15,18). The lowest BCUT2D eigenvalue weighted by Crippen LogP contribution is -2.37. The van der Waals surface area contributed by atoms with Crippen molar-refractivity contribution in [2.45, 2.75) is 12.8 Å². The Balaban J connectivity index is 2.20. The van der Waals surface area contributed by atoms with E-state index in [0.29, 0.717) is 10.9 Å². The maximum atomic E-state index is 9.27. The molecule has 1 heterocycles. The van der Waals surface area contributed by atoms with Crippen LogP contribution >= 0.6 is 28.1 Å². The minimum absolute atomic E-state index is 0.263. The minimum atomic E-state index is 0.263. The first-order valence-electron chi connectivity index (χ1n) is 6.07. The van der Waals surface area contributed by atoms with Crippen molar-refractivity contribution in [2.24, 2.45) is 11.7 Å². The molecule has 2 rings (SSSR count). The highest BCUT2D eigenvalue weighted by molar-refractivity contribution is 9.10. The molecular weight excluding hydrogens is 312 g/mol. The summed E-state index contributed by atoms with van der Waals surface area (Å²) in [6.07, 6.45) is 2.23. The van der Waals surface area contributed by atoms with E-state index in [1.54, 1.807) is 0 Å². The highest BCUT2D eigenvalue weighted by atomic mass is 79.9. The largest absolute Gasteiger partial charge is 0.396 e. The van der Waals surface area contributed by atoms with E-state index < -0.39 is 0 Å². The fourth-order valence-corrected chi connectivity index (χ4v) is 3.11. The van der Waals surface area contributed by atoms with Gasteiger partial charge in [-0.1, -0.05) is 12.2 Å². The van der Waals surface area contributed by atoms with Crippen LogP contribution in [-0.2, 0) is 0 Å². The van der Waals surface area contributed by atoms with Crippen LogP contribution in [0.2, 0.25) is 0 Å². The number of nitrogens with zero attached hydrogens (tertiary/aromatic N) is 1. The van der Waals surface area contributed by atoms with Crippen molar-refractivity contribution in [2.75, 3.05) is 24.6 Å². The second kappa shape index (κ2) is 5.99. The van der Waals surface area contributed by atoms with Crippen molar-refractivity contribution in [3.05, 3.63) is 28.2 Å². The molecule has 5 heteroatoms. The number of piperidine rings is 1. The third-order valence-corrected chi connectivity index (χ3v) is 4.22. The van der Waals surface area contributed by atoms with Crippen molar-refractivity contribution < 1.29 is 5.11 Å². The van der Waals surface area contributed by atoms with E-state index >= 15 is 0 Å². The van der Waals surface area contributed by atoms with Crippen LogP contribution in [0.1, 0.15) is 18.4 Å². The average Bonchev–Trinajstić information content (AvgIpc) is 2.38. The van der Waals surface area contributed by atoms with Gasteiger partial charge in [0, 0.05) is 29.7 Å². The van der Waals surface area contributed by atoms with Crippen molar-refractivity contribution >= 4 is 38.8 Å². The van der Waals surface area contributed by atoms with Crippen LogP contribution in [0, 0.1) is 5.92 Å². The van der Waals surface area contributed by atoms with Crippen LogP contribution in [0.15, 0.2) is 22.7 Å². The Morgan fingerprint density at radius 1 is 1.56 bits per heavy atom. The maximum absolute atomic E-state index is 9.27. The second-order valence-electron chi connectivity index (χ2n) is 4.67. The Morgan fingerprint density at radius 2 is 2.33 bits per heavy atom. The summed E-state index contributed by atoms with van der Waals surface area (Å²) in [6, 6.07) is 5.95. The number of hydrogen-bond acceptors (Lipinski definition) is 3. The molecule has 18 heavy (non-hydrogen) atoms. The van der Waals surface area contributed by atoms with Gasteiger partial charge in [-0.15, -0.1) is 0 Å². The van der Waals surface area contributed by atoms with Crippen LogP contribution in [0.4, 0.5) is 5.69 Å². The molecule has 0 spiro atoms. The molecule has 0 radical (unpaired) electrons. The summed E-state index contributed by atoms with van der Waals surface area (Å²) < 4.78 is 1.01. The van der Waals surface area contributed by atoms with Gasteiger partial charge in [0.25, 0.3) is 0 Å². The fourth-order valence-electron chi connectivity index (χ4n) is 2.35. The summed E-state index contributed by atoms with van der Waals surface area (Å²) in [7, 11) is 0. The molecule has 1 atom stereocenters. The van der Waals surface area contributed by atoms with Gasteiger partial charge in [0.1, 0.15) is 4.99 Å².